The molecule has 11 heteroatoms. The lowest BCUT2D eigenvalue weighted by Gasteiger charge is -2.41. The van der Waals surface area contributed by atoms with Gasteiger partial charge < -0.3 is 14.5 Å². The standard InChI is InChI=1S/C35H33ClF2N6O2/c1-22(37)33(45)44-16-15-42(20-26(44)11-13-39)32-28-10-9-24(27-7-2-5-23-6-3-8-29(36)31(23)27)17-30(28)40-34(41-32)46-21-35-12-4-14-43(35)19-25(38)18-35/h2-3,5-10,17,25-26H,1,4,11-12,14-16,18-21H2/t25?,26-,35-/m0/s1. The smallest absolute Gasteiger partial charge is 0.319 e. The molecule has 46 heavy (non-hydrogen) atoms. The Kier molecular flexibility index (Phi) is 7.99. The molecule has 236 valence electrons. The van der Waals surface area contributed by atoms with Gasteiger partial charge in [0.1, 0.15) is 18.6 Å². The fraction of sp³-hybridized carbons (Fsp3) is 0.371. The molecule has 0 radical (unpaired) electrons. The third kappa shape index (κ3) is 5.41. The van der Waals surface area contributed by atoms with Gasteiger partial charge in [-0.2, -0.15) is 15.2 Å². The fourth-order valence-corrected chi connectivity index (χ4v) is 7.78. The molecule has 3 aliphatic rings. The monoisotopic (exact) mass is 642 g/mol. The molecule has 3 fully saturated rings. The van der Waals surface area contributed by atoms with Crippen LogP contribution in [0.3, 0.4) is 0 Å². The Balaban J connectivity index is 1.29. The summed E-state index contributed by atoms with van der Waals surface area (Å²) in [6, 6.07) is 19.5. The molecule has 0 spiro atoms. The number of aromatic nitrogens is 2. The molecule has 3 atom stereocenters. The summed E-state index contributed by atoms with van der Waals surface area (Å²) in [6.07, 6.45) is 1.40. The predicted molar refractivity (Wildman–Crippen MR) is 174 cm³/mol. The lowest BCUT2D eigenvalue weighted by atomic mass is 9.95. The number of carbonyl (C=O) groups excluding carboxylic acids is 1. The lowest BCUT2D eigenvalue weighted by molar-refractivity contribution is -0.131. The van der Waals surface area contributed by atoms with E-state index in [-0.39, 0.29) is 37.7 Å². The van der Waals surface area contributed by atoms with E-state index >= 15 is 0 Å². The van der Waals surface area contributed by atoms with E-state index < -0.39 is 23.9 Å². The van der Waals surface area contributed by atoms with E-state index in [0.29, 0.717) is 35.9 Å². The number of fused-ring (bicyclic) bond motifs is 3. The normalized spacial score (nSPS) is 23.1. The molecule has 0 N–H and O–H groups in total. The molecule has 4 aromatic rings. The van der Waals surface area contributed by atoms with Gasteiger partial charge in [0.05, 0.1) is 29.6 Å². The van der Waals surface area contributed by atoms with Gasteiger partial charge in [-0.05, 0) is 54.1 Å². The van der Waals surface area contributed by atoms with Crippen LogP contribution in [0.1, 0.15) is 25.7 Å². The van der Waals surface area contributed by atoms with Crippen LogP contribution in [0.2, 0.25) is 5.02 Å². The topological polar surface area (TPSA) is 85.6 Å². The molecule has 1 unspecified atom stereocenters. The summed E-state index contributed by atoms with van der Waals surface area (Å²) in [7, 11) is 0. The van der Waals surface area contributed by atoms with Crippen LogP contribution in [0.15, 0.2) is 67.0 Å². The van der Waals surface area contributed by atoms with Crippen molar-refractivity contribution in [2.24, 2.45) is 0 Å². The maximum absolute atomic E-state index is 14.5. The van der Waals surface area contributed by atoms with Gasteiger partial charge in [-0.15, -0.1) is 0 Å². The Bertz CT molecular complexity index is 1890. The first kappa shape index (κ1) is 30.3. The number of nitrogens with zero attached hydrogens (tertiary/aromatic N) is 6. The third-order valence-corrected chi connectivity index (χ3v) is 9.97. The maximum atomic E-state index is 14.5. The molecule has 0 saturated carbocycles. The maximum Gasteiger partial charge on any atom is 0.319 e. The number of rotatable bonds is 7. The molecule has 0 aliphatic carbocycles. The summed E-state index contributed by atoms with van der Waals surface area (Å²) in [5, 5.41) is 12.9. The number of piperazine rings is 1. The largest absolute Gasteiger partial charge is 0.461 e. The van der Waals surface area contributed by atoms with Crippen LogP contribution in [0.5, 0.6) is 6.01 Å². The highest BCUT2D eigenvalue weighted by atomic mass is 35.5. The Labute approximate surface area is 270 Å². The number of benzene rings is 3. The van der Waals surface area contributed by atoms with Gasteiger partial charge in [0.25, 0.3) is 5.91 Å². The van der Waals surface area contributed by atoms with Gasteiger partial charge in [-0.3, -0.25) is 9.69 Å². The second kappa shape index (κ2) is 12.1. The number of nitriles is 1. The number of carbonyl (C=O) groups is 1. The highest BCUT2D eigenvalue weighted by Gasteiger charge is 2.49. The molecule has 1 amide bonds. The van der Waals surface area contributed by atoms with Crippen molar-refractivity contribution in [2.45, 2.75) is 43.4 Å². The van der Waals surface area contributed by atoms with Crippen molar-refractivity contribution in [1.29, 1.82) is 5.26 Å². The van der Waals surface area contributed by atoms with E-state index in [1.54, 1.807) is 0 Å². The van der Waals surface area contributed by atoms with E-state index in [4.69, 9.17) is 26.3 Å². The summed E-state index contributed by atoms with van der Waals surface area (Å²) in [5.41, 5.74) is 2.14. The molecule has 3 saturated heterocycles. The fourth-order valence-electron chi connectivity index (χ4n) is 7.50. The van der Waals surface area contributed by atoms with Crippen molar-refractivity contribution in [3.8, 4) is 23.2 Å². The molecule has 7 rings (SSSR count). The number of hydrogen-bond donors (Lipinski definition) is 0. The molecule has 1 aromatic heterocycles. The van der Waals surface area contributed by atoms with Gasteiger partial charge in [-0.25, -0.2) is 8.78 Å². The Morgan fingerprint density at radius 3 is 2.76 bits per heavy atom. The van der Waals surface area contributed by atoms with Crippen molar-refractivity contribution in [3.05, 3.63) is 72.0 Å². The zero-order valence-corrected chi connectivity index (χ0v) is 26.0. The molecule has 8 nitrogen and oxygen atoms in total. The van der Waals surface area contributed by atoms with Gasteiger partial charge in [0, 0.05) is 48.4 Å². The first-order valence-electron chi connectivity index (χ1n) is 15.5. The van der Waals surface area contributed by atoms with Crippen molar-refractivity contribution >= 4 is 45.0 Å². The quantitative estimate of drug-likeness (QED) is 0.214. The highest BCUT2D eigenvalue weighted by Crippen LogP contribution is 2.41. The van der Waals surface area contributed by atoms with Crippen molar-refractivity contribution < 1.29 is 18.3 Å². The summed E-state index contributed by atoms with van der Waals surface area (Å²) >= 11 is 6.67. The average molecular weight is 643 g/mol. The zero-order chi connectivity index (χ0) is 32.0. The number of alkyl halides is 1. The molecule has 3 aliphatic heterocycles. The van der Waals surface area contributed by atoms with Gasteiger partial charge >= 0.3 is 6.01 Å². The molecule has 0 bridgehead atoms. The SMILES string of the molecule is C=C(F)C(=O)N1CCN(c2nc(OC[C@@]34CCCN3CC(F)C4)nc3cc(-c4cccc5cccc(Cl)c45)ccc23)C[C@@H]1CC#N. The molecular formula is C35H33ClF2N6O2. The number of halogens is 3. The Morgan fingerprint density at radius 1 is 1.13 bits per heavy atom. The van der Waals surface area contributed by atoms with Gasteiger partial charge in [0.2, 0.25) is 0 Å². The van der Waals surface area contributed by atoms with Crippen molar-refractivity contribution in [2.75, 3.05) is 44.2 Å². The van der Waals surface area contributed by atoms with Crippen molar-refractivity contribution in [1.82, 2.24) is 19.8 Å². The second-order valence-corrected chi connectivity index (χ2v) is 12.8. The average Bonchev–Trinajstić information content (AvgIpc) is 3.58. The molecule has 4 heterocycles. The van der Waals surface area contributed by atoms with Gasteiger partial charge in [0.15, 0.2) is 5.83 Å². The Hall–Kier alpha value is -4.33. The van der Waals surface area contributed by atoms with Crippen LogP contribution < -0.4 is 9.64 Å². The van der Waals surface area contributed by atoms with Crippen LogP contribution in [-0.4, -0.2) is 82.8 Å². The Morgan fingerprint density at radius 2 is 1.96 bits per heavy atom. The van der Waals surface area contributed by atoms with Crippen molar-refractivity contribution in [3.63, 3.8) is 0 Å². The number of anilines is 1. The minimum atomic E-state index is -1.05. The number of ether oxygens (including phenoxy) is 1. The molecule has 3 aromatic carbocycles. The van der Waals surface area contributed by atoms with E-state index in [1.807, 2.05) is 59.5 Å². The predicted octanol–water partition coefficient (Wildman–Crippen LogP) is 6.47. The number of amides is 1. The zero-order valence-electron chi connectivity index (χ0n) is 25.3. The lowest BCUT2D eigenvalue weighted by Crippen LogP contribution is -2.55. The minimum Gasteiger partial charge on any atom is -0.461 e. The van der Waals surface area contributed by atoms with E-state index in [0.717, 1.165) is 46.7 Å². The first-order chi connectivity index (χ1) is 22.3. The first-order valence-corrected chi connectivity index (χ1v) is 15.9. The summed E-state index contributed by atoms with van der Waals surface area (Å²) in [4.78, 5) is 27.8. The van der Waals surface area contributed by atoms with Crippen LogP contribution in [0.25, 0.3) is 32.8 Å². The van der Waals surface area contributed by atoms with Crippen LogP contribution in [0, 0.1) is 11.3 Å². The van der Waals surface area contributed by atoms with Gasteiger partial charge in [-0.1, -0.05) is 54.6 Å². The summed E-state index contributed by atoms with van der Waals surface area (Å²) in [5.74, 6) is -1.27. The van der Waals surface area contributed by atoms with Crippen LogP contribution in [-0.2, 0) is 4.79 Å². The third-order valence-electron chi connectivity index (χ3n) is 9.65. The van der Waals surface area contributed by atoms with E-state index in [9.17, 15) is 18.8 Å². The van der Waals surface area contributed by atoms with Crippen LogP contribution in [0.4, 0.5) is 14.6 Å². The second-order valence-electron chi connectivity index (χ2n) is 12.4. The van der Waals surface area contributed by atoms with Crippen LogP contribution >= 0.6 is 11.6 Å². The van der Waals surface area contributed by atoms with E-state index in [1.165, 1.54) is 4.90 Å². The minimum absolute atomic E-state index is 0.0244. The highest BCUT2D eigenvalue weighted by molar-refractivity contribution is 6.36. The van der Waals surface area contributed by atoms with E-state index in [2.05, 4.69) is 17.5 Å². The summed E-state index contributed by atoms with van der Waals surface area (Å²) < 4.78 is 34.7. The number of hydrogen-bond acceptors (Lipinski definition) is 7. The summed E-state index contributed by atoms with van der Waals surface area (Å²) in [6.45, 7) is 5.51. The molecular weight excluding hydrogens is 610 g/mol.